The predicted molar refractivity (Wildman–Crippen MR) is 94.1 cm³/mol. The number of amides is 2. The fraction of sp³-hybridized carbons (Fsp3) is 0.389. The Kier molecular flexibility index (Phi) is 5.14. The molecule has 0 saturated carbocycles. The van der Waals surface area contributed by atoms with Gasteiger partial charge in [0.1, 0.15) is 0 Å². The van der Waals surface area contributed by atoms with Crippen molar-refractivity contribution in [3.8, 4) is 5.69 Å². The van der Waals surface area contributed by atoms with Crippen molar-refractivity contribution < 1.29 is 9.59 Å². The number of piperazine rings is 1. The standard InChI is InChI=1S/C18H23N5O2/c1-21-10-8-19-18(25)16(21)12-17(24)22(2)13-14-5-3-6-15(11-14)23-9-4-7-20-23/h3-7,9,11,16H,8,10,12-13H2,1-2H3,(H,19,25)/t16-/m0/s1. The second-order valence-corrected chi connectivity index (χ2v) is 6.36. The lowest BCUT2D eigenvalue weighted by molar-refractivity contribution is -0.137. The monoisotopic (exact) mass is 341 g/mol. The van der Waals surface area contributed by atoms with Crippen LogP contribution in [0.3, 0.4) is 0 Å². The molecule has 7 heteroatoms. The molecule has 1 aliphatic rings. The Hall–Kier alpha value is -2.67. The Morgan fingerprint density at radius 1 is 1.40 bits per heavy atom. The first-order valence-corrected chi connectivity index (χ1v) is 8.35. The zero-order chi connectivity index (χ0) is 17.8. The molecule has 2 heterocycles. The lowest BCUT2D eigenvalue weighted by Crippen LogP contribution is -2.54. The Balaban J connectivity index is 1.63. The SMILES string of the molecule is CN(Cc1cccc(-n2cccn2)c1)C(=O)C[C@H]1C(=O)NCCN1C. The second-order valence-electron chi connectivity index (χ2n) is 6.36. The molecule has 1 fully saturated rings. The highest BCUT2D eigenvalue weighted by Crippen LogP contribution is 2.13. The molecule has 0 bridgehead atoms. The van der Waals surface area contributed by atoms with Gasteiger partial charge in [-0.05, 0) is 30.8 Å². The van der Waals surface area contributed by atoms with E-state index in [1.807, 2.05) is 48.5 Å². The maximum atomic E-state index is 12.5. The second kappa shape index (κ2) is 7.48. The average molecular weight is 341 g/mol. The van der Waals surface area contributed by atoms with Gasteiger partial charge in [0.05, 0.1) is 18.2 Å². The number of carbonyl (C=O) groups excluding carboxylic acids is 2. The van der Waals surface area contributed by atoms with Gasteiger partial charge < -0.3 is 10.2 Å². The number of hydrogen-bond donors (Lipinski definition) is 1. The first kappa shape index (κ1) is 17.2. The summed E-state index contributed by atoms with van der Waals surface area (Å²) in [6, 6.07) is 9.40. The summed E-state index contributed by atoms with van der Waals surface area (Å²) in [4.78, 5) is 28.1. The van der Waals surface area contributed by atoms with Crippen LogP contribution in [0.25, 0.3) is 5.69 Å². The zero-order valence-corrected chi connectivity index (χ0v) is 14.6. The molecule has 0 aliphatic carbocycles. The molecule has 2 amide bonds. The van der Waals surface area contributed by atoms with Crippen LogP contribution in [0.15, 0.2) is 42.7 Å². The summed E-state index contributed by atoms with van der Waals surface area (Å²) in [5.41, 5.74) is 1.97. The zero-order valence-electron chi connectivity index (χ0n) is 14.6. The van der Waals surface area contributed by atoms with Crippen LogP contribution in [-0.4, -0.2) is 64.6 Å². The molecule has 2 aromatic rings. The van der Waals surface area contributed by atoms with Gasteiger partial charge in [0.15, 0.2) is 0 Å². The Morgan fingerprint density at radius 3 is 2.96 bits per heavy atom. The van der Waals surface area contributed by atoms with Crippen molar-refractivity contribution in [1.29, 1.82) is 0 Å². The van der Waals surface area contributed by atoms with Gasteiger partial charge in [-0.3, -0.25) is 14.5 Å². The van der Waals surface area contributed by atoms with E-state index in [2.05, 4.69) is 10.4 Å². The first-order chi connectivity index (χ1) is 12.0. The molecule has 0 spiro atoms. The molecule has 25 heavy (non-hydrogen) atoms. The Labute approximate surface area is 147 Å². The van der Waals surface area contributed by atoms with Crippen molar-refractivity contribution >= 4 is 11.8 Å². The summed E-state index contributed by atoms with van der Waals surface area (Å²) in [5.74, 6) is -0.116. The topological polar surface area (TPSA) is 70.5 Å². The van der Waals surface area contributed by atoms with Crippen LogP contribution in [0.1, 0.15) is 12.0 Å². The quantitative estimate of drug-likeness (QED) is 0.867. The van der Waals surface area contributed by atoms with E-state index >= 15 is 0 Å². The molecular formula is C18H23N5O2. The summed E-state index contributed by atoms with van der Waals surface area (Å²) in [7, 11) is 3.65. The summed E-state index contributed by atoms with van der Waals surface area (Å²) in [5, 5.41) is 7.04. The highest BCUT2D eigenvalue weighted by molar-refractivity contribution is 5.88. The molecule has 1 atom stereocenters. The third kappa shape index (κ3) is 4.06. The van der Waals surface area contributed by atoms with Gasteiger partial charge in [-0.25, -0.2) is 4.68 Å². The number of rotatable bonds is 5. The number of carbonyl (C=O) groups is 2. The predicted octanol–water partition coefficient (Wildman–Crippen LogP) is 0.651. The summed E-state index contributed by atoms with van der Waals surface area (Å²) in [6.07, 6.45) is 3.80. The van der Waals surface area contributed by atoms with E-state index in [9.17, 15) is 9.59 Å². The van der Waals surface area contributed by atoms with Gasteiger partial charge in [0, 0.05) is 39.1 Å². The summed E-state index contributed by atoms with van der Waals surface area (Å²) in [6.45, 7) is 1.89. The van der Waals surface area contributed by atoms with Crippen LogP contribution >= 0.6 is 0 Å². The fourth-order valence-corrected chi connectivity index (χ4v) is 2.98. The van der Waals surface area contributed by atoms with E-state index in [1.165, 1.54) is 0 Å². The number of nitrogens with zero attached hydrogens (tertiary/aromatic N) is 4. The third-order valence-electron chi connectivity index (χ3n) is 4.49. The number of benzene rings is 1. The largest absolute Gasteiger partial charge is 0.353 e. The molecule has 0 radical (unpaired) electrons. The van der Waals surface area contributed by atoms with Crippen molar-refractivity contribution in [2.45, 2.75) is 19.0 Å². The first-order valence-electron chi connectivity index (χ1n) is 8.35. The van der Waals surface area contributed by atoms with Crippen LogP contribution in [0, 0.1) is 0 Å². The van der Waals surface area contributed by atoms with Gasteiger partial charge in [-0.1, -0.05) is 12.1 Å². The lowest BCUT2D eigenvalue weighted by Gasteiger charge is -2.32. The molecule has 1 N–H and O–H groups in total. The van der Waals surface area contributed by atoms with Gasteiger partial charge >= 0.3 is 0 Å². The van der Waals surface area contributed by atoms with Gasteiger partial charge in [0.2, 0.25) is 11.8 Å². The lowest BCUT2D eigenvalue weighted by atomic mass is 10.1. The Bertz CT molecular complexity index is 744. The number of aromatic nitrogens is 2. The molecule has 7 nitrogen and oxygen atoms in total. The van der Waals surface area contributed by atoms with E-state index in [4.69, 9.17) is 0 Å². The van der Waals surface area contributed by atoms with Gasteiger partial charge in [0.25, 0.3) is 0 Å². The van der Waals surface area contributed by atoms with E-state index < -0.39 is 0 Å². The maximum absolute atomic E-state index is 12.5. The van der Waals surface area contributed by atoms with Crippen LogP contribution in [0.5, 0.6) is 0 Å². The smallest absolute Gasteiger partial charge is 0.237 e. The average Bonchev–Trinajstić information content (AvgIpc) is 3.13. The molecule has 1 aromatic heterocycles. The van der Waals surface area contributed by atoms with Crippen molar-refractivity contribution in [3.63, 3.8) is 0 Å². The molecule has 1 aliphatic heterocycles. The number of likely N-dealkylation sites (N-methyl/N-ethyl adjacent to an activating group) is 1. The minimum Gasteiger partial charge on any atom is -0.353 e. The molecule has 132 valence electrons. The van der Waals surface area contributed by atoms with Crippen molar-refractivity contribution in [2.24, 2.45) is 0 Å². The molecule has 1 aromatic carbocycles. The summed E-state index contributed by atoms with van der Waals surface area (Å²) >= 11 is 0. The molecule has 3 rings (SSSR count). The van der Waals surface area contributed by atoms with Crippen molar-refractivity contribution in [1.82, 2.24) is 24.9 Å². The molecule has 0 unspecified atom stereocenters. The van der Waals surface area contributed by atoms with Gasteiger partial charge in [-0.15, -0.1) is 0 Å². The van der Waals surface area contributed by atoms with Gasteiger partial charge in [-0.2, -0.15) is 5.10 Å². The minimum atomic E-state index is -0.390. The van der Waals surface area contributed by atoms with Crippen LogP contribution in [0.4, 0.5) is 0 Å². The third-order valence-corrected chi connectivity index (χ3v) is 4.49. The number of hydrogen-bond acceptors (Lipinski definition) is 4. The minimum absolute atomic E-state index is 0.0432. The number of nitrogens with one attached hydrogen (secondary N) is 1. The van der Waals surface area contributed by atoms with E-state index in [0.717, 1.165) is 17.8 Å². The maximum Gasteiger partial charge on any atom is 0.237 e. The molecule has 1 saturated heterocycles. The summed E-state index contributed by atoms with van der Waals surface area (Å²) < 4.78 is 1.78. The Morgan fingerprint density at radius 2 is 2.24 bits per heavy atom. The van der Waals surface area contributed by atoms with Crippen LogP contribution in [-0.2, 0) is 16.1 Å². The van der Waals surface area contributed by atoms with Crippen molar-refractivity contribution in [2.75, 3.05) is 27.2 Å². The van der Waals surface area contributed by atoms with E-state index in [0.29, 0.717) is 13.1 Å². The highest BCUT2D eigenvalue weighted by atomic mass is 16.2. The fourth-order valence-electron chi connectivity index (χ4n) is 2.98. The van der Waals surface area contributed by atoms with Crippen molar-refractivity contribution in [3.05, 3.63) is 48.3 Å². The van der Waals surface area contributed by atoms with E-state index in [-0.39, 0.29) is 24.3 Å². The normalized spacial score (nSPS) is 18.0. The van der Waals surface area contributed by atoms with Crippen LogP contribution in [0.2, 0.25) is 0 Å². The molecular weight excluding hydrogens is 318 g/mol. The van der Waals surface area contributed by atoms with Crippen LogP contribution < -0.4 is 5.32 Å². The highest BCUT2D eigenvalue weighted by Gasteiger charge is 2.29. The van der Waals surface area contributed by atoms with E-state index in [1.54, 1.807) is 22.8 Å².